The number of carbonyl (C=O) groups excluding carboxylic acids is 2. The fourth-order valence-corrected chi connectivity index (χ4v) is 2.83. The first-order chi connectivity index (χ1) is 10.7. The van der Waals surface area contributed by atoms with Crippen molar-refractivity contribution < 1.29 is 14.3 Å². The van der Waals surface area contributed by atoms with Gasteiger partial charge >= 0.3 is 12.1 Å². The molecule has 0 unspecified atom stereocenters. The number of hydrogen-bond acceptors (Lipinski definition) is 4. The lowest BCUT2D eigenvalue weighted by atomic mass is 9.93. The van der Waals surface area contributed by atoms with Crippen molar-refractivity contribution in [2.75, 3.05) is 13.1 Å². The van der Waals surface area contributed by atoms with E-state index in [0.29, 0.717) is 19.0 Å². The monoisotopic (exact) mass is 304 g/mol. The van der Waals surface area contributed by atoms with Gasteiger partial charge in [0.25, 0.3) is 0 Å². The van der Waals surface area contributed by atoms with Gasteiger partial charge in [-0.25, -0.2) is 19.5 Å². The van der Waals surface area contributed by atoms with Gasteiger partial charge in [-0.05, 0) is 31.7 Å². The molecule has 0 spiro atoms. The second-order valence-electron chi connectivity index (χ2n) is 5.59. The van der Waals surface area contributed by atoms with Gasteiger partial charge in [-0.1, -0.05) is 6.07 Å². The molecule has 2 heterocycles. The summed E-state index contributed by atoms with van der Waals surface area (Å²) in [6.45, 7) is 0.958. The van der Waals surface area contributed by atoms with Crippen molar-refractivity contribution in [1.82, 2.24) is 20.5 Å². The number of urea groups is 2. The lowest BCUT2D eigenvalue weighted by Gasteiger charge is -2.30. The zero-order valence-electron chi connectivity index (χ0n) is 12.3. The van der Waals surface area contributed by atoms with Gasteiger partial charge in [-0.15, -0.1) is 0 Å². The number of ether oxygens (including phenoxy) is 1. The summed E-state index contributed by atoms with van der Waals surface area (Å²) in [6.07, 6.45) is 5.28. The van der Waals surface area contributed by atoms with Crippen LogP contribution in [0.15, 0.2) is 24.4 Å². The molecule has 0 radical (unpaired) electrons. The van der Waals surface area contributed by atoms with Gasteiger partial charge in [0, 0.05) is 31.4 Å². The number of aromatic nitrogens is 1. The van der Waals surface area contributed by atoms with Crippen molar-refractivity contribution in [3.63, 3.8) is 0 Å². The number of nitrogens with one attached hydrogen (secondary N) is 2. The Morgan fingerprint density at radius 3 is 2.77 bits per heavy atom. The molecule has 0 atom stereocenters. The second kappa shape index (κ2) is 6.64. The predicted molar refractivity (Wildman–Crippen MR) is 79.5 cm³/mol. The third kappa shape index (κ3) is 3.47. The molecule has 0 bridgehead atoms. The van der Waals surface area contributed by atoms with Crippen LogP contribution in [0.25, 0.3) is 0 Å². The molecule has 22 heavy (non-hydrogen) atoms. The van der Waals surface area contributed by atoms with Crippen LogP contribution in [-0.4, -0.2) is 47.2 Å². The van der Waals surface area contributed by atoms with E-state index in [1.807, 2.05) is 18.2 Å². The van der Waals surface area contributed by atoms with Crippen LogP contribution in [0, 0.1) is 0 Å². The maximum absolute atomic E-state index is 12.0. The van der Waals surface area contributed by atoms with E-state index in [-0.39, 0.29) is 24.2 Å². The quantitative estimate of drug-likeness (QED) is 0.886. The third-order valence-electron chi connectivity index (χ3n) is 4.03. The molecule has 7 heteroatoms. The summed E-state index contributed by atoms with van der Waals surface area (Å²) in [7, 11) is 0. The molecule has 1 saturated carbocycles. The summed E-state index contributed by atoms with van der Waals surface area (Å²) in [4.78, 5) is 28.8. The number of pyridine rings is 1. The van der Waals surface area contributed by atoms with Gasteiger partial charge < -0.3 is 15.4 Å². The largest absolute Gasteiger partial charge is 0.474 e. The normalized spacial score (nSPS) is 24.7. The minimum Gasteiger partial charge on any atom is -0.474 e. The van der Waals surface area contributed by atoms with E-state index in [2.05, 4.69) is 15.6 Å². The van der Waals surface area contributed by atoms with Gasteiger partial charge in [0.1, 0.15) is 6.10 Å². The zero-order valence-corrected chi connectivity index (χ0v) is 12.3. The Morgan fingerprint density at radius 2 is 2.14 bits per heavy atom. The van der Waals surface area contributed by atoms with Crippen molar-refractivity contribution >= 4 is 12.1 Å². The van der Waals surface area contributed by atoms with Gasteiger partial charge in [0.15, 0.2) is 0 Å². The molecule has 2 aliphatic rings. The fraction of sp³-hybridized carbons (Fsp3) is 0.533. The molecule has 2 N–H and O–H groups in total. The van der Waals surface area contributed by atoms with Gasteiger partial charge in [-0.2, -0.15) is 0 Å². The number of amides is 4. The average Bonchev–Trinajstić information content (AvgIpc) is 2.96. The smallest absolute Gasteiger partial charge is 0.325 e. The number of nitrogens with zero attached hydrogens (tertiary/aromatic N) is 2. The fourth-order valence-electron chi connectivity index (χ4n) is 2.83. The summed E-state index contributed by atoms with van der Waals surface area (Å²) in [5, 5.41) is 5.55. The summed E-state index contributed by atoms with van der Waals surface area (Å²) >= 11 is 0. The summed E-state index contributed by atoms with van der Waals surface area (Å²) in [5.74, 6) is 0.642. The molecule has 2 fully saturated rings. The van der Waals surface area contributed by atoms with E-state index < -0.39 is 0 Å². The van der Waals surface area contributed by atoms with Crippen LogP contribution < -0.4 is 15.4 Å². The first kappa shape index (κ1) is 14.6. The number of hydrogen-bond donors (Lipinski definition) is 2. The summed E-state index contributed by atoms with van der Waals surface area (Å²) in [6, 6.07) is 5.08. The molecule has 3 rings (SSSR count). The Hall–Kier alpha value is -2.31. The molecule has 7 nitrogen and oxygen atoms in total. The van der Waals surface area contributed by atoms with Crippen molar-refractivity contribution in [1.29, 1.82) is 0 Å². The maximum atomic E-state index is 12.0. The topological polar surface area (TPSA) is 83.6 Å². The molecule has 4 amide bonds. The van der Waals surface area contributed by atoms with E-state index >= 15 is 0 Å². The minimum atomic E-state index is -0.315. The van der Waals surface area contributed by atoms with E-state index in [9.17, 15) is 9.59 Å². The van der Waals surface area contributed by atoms with Crippen molar-refractivity contribution in [2.24, 2.45) is 0 Å². The predicted octanol–water partition coefficient (Wildman–Crippen LogP) is 1.51. The molecule has 1 saturated heterocycles. The van der Waals surface area contributed by atoms with Gasteiger partial charge in [-0.3, -0.25) is 0 Å². The maximum Gasteiger partial charge on any atom is 0.325 e. The highest BCUT2D eigenvalue weighted by Crippen LogP contribution is 2.23. The first-order valence-corrected chi connectivity index (χ1v) is 7.66. The van der Waals surface area contributed by atoms with Crippen LogP contribution >= 0.6 is 0 Å². The highest BCUT2D eigenvalue weighted by molar-refractivity contribution is 5.95. The molecule has 118 valence electrons. The molecular formula is C15H20N4O3. The third-order valence-corrected chi connectivity index (χ3v) is 4.03. The van der Waals surface area contributed by atoms with E-state index in [1.165, 1.54) is 4.90 Å². The van der Waals surface area contributed by atoms with Crippen LogP contribution in [0.3, 0.4) is 0 Å². The van der Waals surface area contributed by atoms with E-state index in [1.54, 1.807) is 6.20 Å². The molecule has 0 aromatic carbocycles. The Labute approximate surface area is 129 Å². The highest BCUT2D eigenvalue weighted by Gasteiger charge is 2.29. The number of carbonyl (C=O) groups is 2. The second-order valence-corrected chi connectivity index (χ2v) is 5.59. The van der Waals surface area contributed by atoms with Crippen LogP contribution in [0.4, 0.5) is 9.59 Å². The molecule has 1 aliphatic heterocycles. The van der Waals surface area contributed by atoms with Crippen LogP contribution in [0.1, 0.15) is 25.7 Å². The van der Waals surface area contributed by atoms with Gasteiger partial charge in [0.05, 0.1) is 0 Å². The van der Waals surface area contributed by atoms with Crippen LogP contribution in [0.5, 0.6) is 5.88 Å². The molecule has 1 aliphatic carbocycles. The van der Waals surface area contributed by atoms with Crippen molar-refractivity contribution in [2.45, 2.75) is 37.8 Å². The number of imide groups is 1. The van der Waals surface area contributed by atoms with Gasteiger partial charge in [0.2, 0.25) is 5.88 Å². The molecule has 1 aromatic heterocycles. The average molecular weight is 304 g/mol. The summed E-state index contributed by atoms with van der Waals surface area (Å²) < 4.78 is 5.83. The Bertz CT molecular complexity index is 529. The van der Waals surface area contributed by atoms with E-state index in [0.717, 1.165) is 25.7 Å². The summed E-state index contributed by atoms with van der Waals surface area (Å²) in [5.41, 5.74) is 0. The van der Waals surface area contributed by atoms with Crippen molar-refractivity contribution in [3.8, 4) is 5.88 Å². The first-order valence-electron chi connectivity index (χ1n) is 7.66. The Morgan fingerprint density at radius 1 is 1.32 bits per heavy atom. The van der Waals surface area contributed by atoms with Crippen molar-refractivity contribution in [3.05, 3.63) is 24.4 Å². The SMILES string of the molecule is O=C1NCCN1C(=O)NC1CCC(Oc2ccccn2)CC1. The molecule has 1 aromatic rings. The van der Waals surface area contributed by atoms with Crippen LogP contribution in [0.2, 0.25) is 0 Å². The zero-order chi connectivity index (χ0) is 15.4. The Kier molecular flexibility index (Phi) is 4.41. The minimum absolute atomic E-state index is 0.101. The lowest BCUT2D eigenvalue weighted by Crippen LogP contribution is -2.47. The van der Waals surface area contributed by atoms with Crippen LogP contribution in [-0.2, 0) is 0 Å². The Balaban J connectivity index is 1.44. The standard InChI is InChI=1S/C15H20N4O3/c20-14-17-9-10-19(14)15(21)18-11-4-6-12(7-5-11)22-13-3-1-2-8-16-13/h1-3,8,11-12H,4-7,9-10H2,(H,17,20)(H,18,21). The number of rotatable bonds is 3. The highest BCUT2D eigenvalue weighted by atomic mass is 16.5. The lowest BCUT2D eigenvalue weighted by molar-refractivity contribution is 0.132. The van der Waals surface area contributed by atoms with E-state index in [4.69, 9.17) is 4.74 Å². The molecular weight excluding hydrogens is 284 g/mol.